The standard InChI is InChI=1S/C18H33N3O2Si/c1-7-8-15-9-17(22)20(11-15)14-21-13-19-10-16(21)12-23-24(5,6)18(2,3)4/h10,13,15H,7-9,11-12,14H2,1-6H3. The van der Waals surface area contributed by atoms with E-state index in [2.05, 4.69) is 50.3 Å². The topological polar surface area (TPSA) is 47.4 Å². The summed E-state index contributed by atoms with van der Waals surface area (Å²) in [6.45, 7) is 15.5. The molecule has 0 radical (unpaired) electrons. The van der Waals surface area contributed by atoms with Crippen molar-refractivity contribution in [2.45, 2.75) is 78.4 Å². The second-order valence-corrected chi connectivity index (χ2v) is 13.3. The first kappa shape index (κ1) is 19.2. The van der Waals surface area contributed by atoms with Gasteiger partial charge in [0.2, 0.25) is 5.91 Å². The van der Waals surface area contributed by atoms with Crippen LogP contribution in [-0.4, -0.2) is 35.2 Å². The van der Waals surface area contributed by atoms with Crippen LogP contribution in [0.2, 0.25) is 18.1 Å². The molecule has 1 aliphatic rings. The molecule has 1 atom stereocenters. The summed E-state index contributed by atoms with van der Waals surface area (Å²) in [4.78, 5) is 18.4. The SMILES string of the molecule is CCCC1CC(=O)N(Cn2cncc2CO[Si](C)(C)C(C)(C)C)C1. The van der Waals surface area contributed by atoms with Crippen LogP contribution in [0.5, 0.6) is 0 Å². The summed E-state index contributed by atoms with van der Waals surface area (Å²) in [5, 5.41) is 0.191. The highest BCUT2D eigenvalue weighted by molar-refractivity contribution is 6.74. The van der Waals surface area contributed by atoms with Gasteiger partial charge < -0.3 is 13.9 Å². The number of nitrogens with zero attached hydrogens (tertiary/aromatic N) is 3. The third-order valence-corrected chi connectivity index (χ3v) is 9.98. The van der Waals surface area contributed by atoms with Gasteiger partial charge in [-0.1, -0.05) is 34.1 Å². The van der Waals surface area contributed by atoms with E-state index in [4.69, 9.17) is 4.43 Å². The molecule has 1 aromatic rings. The summed E-state index contributed by atoms with van der Waals surface area (Å²) in [5.74, 6) is 0.774. The second kappa shape index (κ2) is 7.40. The molecule has 0 bridgehead atoms. The van der Waals surface area contributed by atoms with Crippen molar-refractivity contribution in [2.24, 2.45) is 5.92 Å². The zero-order valence-electron chi connectivity index (χ0n) is 16.1. The van der Waals surface area contributed by atoms with Gasteiger partial charge in [0, 0.05) is 13.0 Å². The van der Waals surface area contributed by atoms with Crippen molar-refractivity contribution < 1.29 is 9.22 Å². The Balaban J connectivity index is 1.97. The highest BCUT2D eigenvalue weighted by atomic mass is 28.4. The molecule has 2 heterocycles. The molecule has 1 amide bonds. The summed E-state index contributed by atoms with van der Waals surface area (Å²) in [5.41, 5.74) is 1.05. The Labute approximate surface area is 147 Å². The van der Waals surface area contributed by atoms with Crippen LogP contribution >= 0.6 is 0 Å². The molecule has 0 saturated carbocycles. The maximum absolute atomic E-state index is 12.2. The highest BCUT2D eigenvalue weighted by Gasteiger charge is 2.37. The fourth-order valence-electron chi connectivity index (χ4n) is 2.84. The fourth-order valence-corrected chi connectivity index (χ4v) is 3.78. The van der Waals surface area contributed by atoms with E-state index in [-0.39, 0.29) is 10.9 Å². The maximum Gasteiger partial charge on any atom is 0.224 e. The van der Waals surface area contributed by atoms with Crippen molar-refractivity contribution in [1.29, 1.82) is 0 Å². The van der Waals surface area contributed by atoms with E-state index in [1.54, 1.807) is 0 Å². The molecule has 0 spiro atoms. The van der Waals surface area contributed by atoms with Crippen molar-refractivity contribution in [2.75, 3.05) is 6.54 Å². The van der Waals surface area contributed by atoms with E-state index < -0.39 is 8.32 Å². The van der Waals surface area contributed by atoms with E-state index in [0.717, 1.165) is 25.1 Å². The van der Waals surface area contributed by atoms with Crippen LogP contribution in [0.4, 0.5) is 0 Å². The average molecular weight is 352 g/mol. The van der Waals surface area contributed by atoms with Gasteiger partial charge in [-0.3, -0.25) is 4.79 Å². The summed E-state index contributed by atoms with van der Waals surface area (Å²) in [6, 6.07) is 0. The number of aromatic nitrogens is 2. The Kier molecular flexibility index (Phi) is 5.91. The summed E-state index contributed by atoms with van der Waals surface area (Å²) >= 11 is 0. The van der Waals surface area contributed by atoms with E-state index in [1.807, 2.05) is 17.4 Å². The molecule has 5 nitrogen and oxygen atoms in total. The quantitative estimate of drug-likeness (QED) is 0.697. The van der Waals surface area contributed by atoms with E-state index in [0.29, 0.717) is 25.6 Å². The van der Waals surface area contributed by atoms with Crippen molar-refractivity contribution in [3.8, 4) is 0 Å². The average Bonchev–Trinajstić information content (AvgIpc) is 3.04. The minimum absolute atomic E-state index is 0.191. The molecule has 0 N–H and O–H groups in total. The zero-order valence-corrected chi connectivity index (χ0v) is 17.1. The molecule has 0 aromatic carbocycles. The Morgan fingerprint density at radius 3 is 2.71 bits per heavy atom. The van der Waals surface area contributed by atoms with Gasteiger partial charge in [-0.05, 0) is 30.5 Å². The molecule has 136 valence electrons. The van der Waals surface area contributed by atoms with Gasteiger partial charge in [-0.25, -0.2) is 4.98 Å². The van der Waals surface area contributed by atoms with Gasteiger partial charge in [0.05, 0.1) is 31.5 Å². The molecule has 0 aliphatic carbocycles. The number of likely N-dealkylation sites (tertiary alicyclic amines) is 1. The summed E-state index contributed by atoms with van der Waals surface area (Å²) < 4.78 is 8.36. The number of hydrogen-bond donors (Lipinski definition) is 0. The monoisotopic (exact) mass is 351 g/mol. The molecule has 1 aromatic heterocycles. The lowest BCUT2D eigenvalue weighted by molar-refractivity contribution is -0.129. The molecule has 1 saturated heterocycles. The summed E-state index contributed by atoms with van der Waals surface area (Å²) in [7, 11) is -1.79. The fraction of sp³-hybridized carbons (Fsp3) is 0.778. The van der Waals surface area contributed by atoms with E-state index in [9.17, 15) is 4.79 Å². The van der Waals surface area contributed by atoms with Crippen LogP contribution in [0.15, 0.2) is 12.5 Å². The second-order valence-electron chi connectivity index (χ2n) is 8.52. The lowest BCUT2D eigenvalue weighted by atomic mass is 10.0. The number of amides is 1. The first-order valence-electron chi connectivity index (χ1n) is 9.05. The van der Waals surface area contributed by atoms with Crippen LogP contribution in [0.3, 0.4) is 0 Å². The maximum atomic E-state index is 12.2. The van der Waals surface area contributed by atoms with Gasteiger partial charge in [-0.2, -0.15) is 0 Å². The number of carbonyl (C=O) groups excluding carboxylic acids is 1. The van der Waals surface area contributed by atoms with Gasteiger partial charge in [0.1, 0.15) is 0 Å². The van der Waals surface area contributed by atoms with Gasteiger partial charge in [-0.15, -0.1) is 0 Å². The van der Waals surface area contributed by atoms with Crippen molar-refractivity contribution in [3.05, 3.63) is 18.2 Å². The van der Waals surface area contributed by atoms with Gasteiger partial charge in [0.25, 0.3) is 0 Å². The van der Waals surface area contributed by atoms with Crippen LogP contribution in [0, 0.1) is 5.92 Å². The number of carbonyl (C=O) groups is 1. The first-order valence-corrected chi connectivity index (χ1v) is 12.0. The minimum atomic E-state index is -1.79. The lowest BCUT2D eigenvalue weighted by Crippen LogP contribution is -2.40. The molecule has 6 heteroatoms. The van der Waals surface area contributed by atoms with E-state index >= 15 is 0 Å². The van der Waals surface area contributed by atoms with Crippen molar-refractivity contribution >= 4 is 14.2 Å². The largest absolute Gasteiger partial charge is 0.411 e. The van der Waals surface area contributed by atoms with Gasteiger partial charge >= 0.3 is 0 Å². The number of hydrogen-bond acceptors (Lipinski definition) is 3. The van der Waals surface area contributed by atoms with Crippen molar-refractivity contribution in [1.82, 2.24) is 14.5 Å². The predicted octanol–water partition coefficient (Wildman–Crippen LogP) is 4.01. The summed E-state index contributed by atoms with van der Waals surface area (Å²) in [6.07, 6.45) is 6.64. The van der Waals surface area contributed by atoms with Crippen LogP contribution in [0.1, 0.15) is 52.7 Å². The Hall–Kier alpha value is -1.14. The van der Waals surface area contributed by atoms with Crippen LogP contribution < -0.4 is 0 Å². The third-order valence-electron chi connectivity index (χ3n) is 5.50. The van der Waals surface area contributed by atoms with Crippen LogP contribution in [-0.2, 0) is 22.5 Å². The number of imidazole rings is 1. The van der Waals surface area contributed by atoms with Crippen LogP contribution in [0.25, 0.3) is 0 Å². The predicted molar refractivity (Wildman–Crippen MR) is 98.9 cm³/mol. The molecular weight excluding hydrogens is 318 g/mol. The Morgan fingerprint density at radius 1 is 1.38 bits per heavy atom. The molecule has 1 aliphatic heterocycles. The van der Waals surface area contributed by atoms with Gasteiger partial charge in [0.15, 0.2) is 8.32 Å². The van der Waals surface area contributed by atoms with E-state index in [1.165, 1.54) is 0 Å². The smallest absolute Gasteiger partial charge is 0.224 e. The zero-order chi connectivity index (χ0) is 18.0. The number of rotatable bonds is 7. The highest BCUT2D eigenvalue weighted by Crippen LogP contribution is 2.37. The Morgan fingerprint density at radius 2 is 2.08 bits per heavy atom. The molecular formula is C18H33N3O2Si. The molecule has 2 rings (SSSR count). The molecule has 1 unspecified atom stereocenters. The molecule has 1 fully saturated rings. The first-order chi connectivity index (χ1) is 11.1. The minimum Gasteiger partial charge on any atom is -0.411 e. The normalized spacial score (nSPS) is 19.3. The molecule has 24 heavy (non-hydrogen) atoms. The lowest BCUT2D eigenvalue weighted by Gasteiger charge is -2.36. The third kappa shape index (κ3) is 4.48. The Bertz CT molecular complexity index is 563. The van der Waals surface area contributed by atoms with Crippen molar-refractivity contribution in [3.63, 3.8) is 0 Å².